The number of aromatic carboxylic acids is 1. The maximum absolute atomic E-state index is 12.3. The van der Waals surface area contributed by atoms with E-state index in [-0.39, 0.29) is 10.8 Å². The van der Waals surface area contributed by atoms with Crippen molar-refractivity contribution in [2.75, 3.05) is 13.2 Å². The molecular weight excluding hydrogens is 280 g/mol. The molecule has 1 atom stereocenters. The highest BCUT2D eigenvalue weighted by Crippen LogP contribution is 2.29. The molecule has 0 radical (unpaired) electrons. The van der Waals surface area contributed by atoms with Crippen molar-refractivity contribution in [3.8, 4) is 0 Å². The van der Waals surface area contributed by atoms with Gasteiger partial charge >= 0.3 is 5.97 Å². The normalized spacial score (nSPS) is 21.3. The zero-order valence-corrected chi connectivity index (χ0v) is 10.9. The molecule has 1 aromatic rings. The number of carboxylic acid groups (broad SMARTS) is 1. The molecule has 2 N–H and O–H groups in total. The van der Waals surface area contributed by atoms with Crippen LogP contribution in [0.15, 0.2) is 9.72 Å². The van der Waals surface area contributed by atoms with Gasteiger partial charge in [-0.15, -0.1) is 11.3 Å². The molecule has 9 heteroatoms. The van der Waals surface area contributed by atoms with Gasteiger partial charge in [0, 0.05) is 12.6 Å². The molecule has 100 valence electrons. The number of aliphatic hydroxyl groups is 1. The second-order valence-electron chi connectivity index (χ2n) is 3.89. The Labute approximate surface area is 108 Å². The van der Waals surface area contributed by atoms with Gasteiger partial charge in [0.05, 0.1) is 12.1 Å². The Kier molecular flexibility index (Phi) is 3.66. The number of aromatic nitrogens is 1. The Morgan fingerprint density at radius 3 is 2.94 bits per heavy atom. The Morgan fingerprint density at radius 2 is 2.33 bits per heavy atom. The van der Waals surface area contributed by atoms with E-state index in [1.807, 2.05) is 0 Å². The number of carboxylic acids is 1. The molecule has 0 amide bonds. The van der Waals surface area contributed by atoms with Crippen molar-refractivity contribution in [3.05, 3.63) is 11.2 Å². The number of carbonyl (C=O) groups is 1. The van der Waals surface area contributed by atoms with E-state index in [1.165, 1.54) is 5.51 Å². The summed E-state index contributed by atoms with van der Waals surface area (Å²) in [4.78, 5) is 14.5. The Morgan fingerprint density at radius 1 is 1.61 bits per heavy atom. The summed E-state index contributed by atoms with van der Waals surface area (Å²) in [5.41, 5.74) is 0.740. The fourth-order valence-electron chi connectivity index (χ4n) is 1.98. The van der Waals surface area contributed by atoms with E-state index < -0.39 is 27.7 Å². The Balaban J connectivity index is 2.42. The summed E-state index contributed by atoms with van der Waals surface area (Å²) >= 11 is 0.781. The molecule has 0 aliphatic carbocycles. The van der Waals surface area contributed by atoms with Crippen molar-refractivity contribution >= 4 is 27.3 Å². The van der Waals surface area contributed by atoms with Gasteiger partial charge in [-0.25, -0.2) is 18.2 Å². The van der Waals surface area contributed by atoms with Gasteiger partial charge in [-0.05, 0) is 12.8 Å². The quantitative estimate of drug-likeness (QED) is 0.808. The molecule has 1 unspecified atom stereocenters. The standard InChI is InChI=1S/C9H12N2O5S2/c12-4-6-2-1-3-11(6)18(15,16)9-7(8(13)14)10-5-17-9/h5-6,12H,1-4H2,(H,13,14). The molecule has 1 saturated heterocycles. The van der Waals surface area contributed by atoms with E-state index in [2.05, 4.69) is 4.98 Å². The molecule has 0 spiro atoms. The highest BCUT2D eigenvalue weighted by atomic mass is 32.2. The summed E-state index contributed by atoms with van der Waals surface area (Å²) in [6.45, 7) is 0.0327. The van der Waals surface area contributed by atoms with Gasteiger partial charge < -0.3 is 10.2 Å². The number of sulfonamides is 1. The second kappa shape index (κ2) is 4.92. The number of nitrogens with zero attached hydrogens (tertiary/aromatic N) is 2. The molecule has 2 heterocycles. The molecule has 0 saturated carbocycles. The van der Waals surface area contributed by atoms with Crippen LogP contribution in [0.25, 0.3) is 0 Å². The zero-order chi connectivity index (χ0) is 13.3. The topological polar surface area (TPSA) is 108 Å². The molecule has 1 aromatic heterocycles. The summed E-state index contributed by atoms with van der Waals surface area (Å²) in [6, 6.07) is -0.473. The fourth-order valence-corrected chi connectivity index (χ4v) is 4.92. The van der Waals surface area contributed by atoms with Gasteiger partial charge in [-0.2, -0.15) is 4.31 Å². The molecule has 1 aliphatic rings. The Bertz CT molecular complexity index is 553. The van der Waals surface area contributed by atoms with Crippen LogP contribution in [-0.4, -0.2) is 53.1 Å². The smallest absolute Gasteiger partial charge is 0.356 e. The van der Waals surface area contributed by atoms with Crippen LogP contribution in [0, 0.1) is 0 Å². The molecule has 7 nitrogen and oxygen atoms in total. The van der Waals surface area contributed by atoms with Crippen LogP contribution in [0.5, 0.6) is 0 Å². The summed E-state index contributed by atoms with van der Waals surface area (Å²) < 4.78 is 25.5. The van der Waals surface area contributed by atoms with E-state index in [0.29, 0.717) is 19.4 Å². The number of hydrogen-bond acceptors (Lipinski definition) is 6. The molecule has 1 aliphatic heterocycles. The molecule has 1 fully saturated rings. The molecule has 2 rings (SSSR count). The lowest BCUT2D eigenvalue weighted by atomic mass is 10.2. The summed E-state index contributed by atoms with van der Waals surface area (Å²) in [7, 11) is -3.88. The highest BCUT2D eigenvalue weighted by Gasteiger charge is 2.38. The summed E-state index contributed by atoms with van der Waals surface area (Å²) in [6.07, 6.45) is 1.24. The molecule has 0 bridgehead atoms. The molecule has 0 aromatic carbocycles. The van der Waals surface area contributed by atoms with Crippen molar-refractivity contribution in [2.45, 2.75) is 23.1 Å². The van der Waals surface area contributed by atoms with Gasteiger partial charge in [-0.1, -0.05) is 0 Å². The second-order valence-corrected chi connectivity index (χ2v) is 6.83. The third-order valence-electron chi connectivity index (χ3n) is 2.81. The zero-order valence-electron chi connectivity index (χ0n) is 9.31. The van der Waals surface area contributed by atoms with Crippen LogP contribution in [-0.2, 0) is 10.0 Å². The Hall–Kier alpha value is -1.03. The van der Waals surface area contributed by atoms with Crippen LogP contribution < -0.4 is 0 Å². The van der Waals surface area contributed by atoms with Crippen molar-refractivity contribution in [3.63, 3.8) is 0 Å². The predicted molar refractivity (Wildman–Crippen MR) is 63.1 cm³/mol. The first kappa shape index (κ1) is 13.4. The first-order valence-corrected chi connectivity index (χ1v) is 7.60. The third kappa shape index (κ3) is 2.14. The largest absolute Gasteiger partial charge is 0.476 e. The van der Waals surface area contributed by atoms with Crippen molar-refractivity contribution in [1.29, 1.82) is 0 Å². The van der Waals surface area contributed by atoms with Gasteiger partial charge in [0.15, 0.2) is 9.90 Å². The highest BCUT2D eigenvalue weighted by molar-refractivity contribution is 7.91. The maximum Gasteiger partial charge on any atom is 0.356 e. The molecular formula is C9H12N2O5S2. The lowest BCUT2D eigenvalue weighted by Gasteiger charge is -2.21. The minimum absolute atomic E-state index is 0.263. The summed E-state index contributed by atoms with van der Waals surface area (Å²) in [5, 5.41) is 18.0. The van der Waals surface area contributed by atoms with Crippen LogP contribution in [0.3, 0.4) is 0 Å². The van der Waals surface area contributed by atoms with Crippen molar-refractivity contribution < 1.29 is 23.4 Å². The van der Waals surface area contributed by atoms with Gasteiger partial charge in [-0.3, -0.25) is 0 Å². The number of thiazole rings is 1. The SMILES string of the molecule is O=C(O)c1ncsc1S(=O)(=O)N1CCCC1CO. The van der Waals surface area contributed by atoms with Crippen LogP contribution >= 0.6 is 11.3 Å². The van der Waals surface area contributed by atoms with Crippen LogP contribution in [0.2, 0.25) is 0 Å². The first-order chi connectivity index (χ1) is 8.48. The first-order valence-electron chi connectivity index (χ1n) is 5.28. The minimum Gasteiger partial charge on any atom is -0.476 e. The molecule has 18 heavy (non-hydrogen) atoms. The number of hydrogen-bond donors (Lipinski definition) is 2. The van der Waals surface area contributed by atoms with E-state index >= 15 is 0 Å². The van der Waals surface area contributed by atoms with E-state index in [1.54, 1.807) is 0 Å². The lowest BCUT2D eigenvalue weighted by Crippen LogP contribution is -2.37. The van der Waals surface area contributed by atoms with Crippen LogP contribution in [0.4, 0.5) is 0 Å². The average Bonchev–Trinajstić information content (AvgIpc) is 2.98. The monoisotopic (exact) mass is 292 g/mol. The third-order valence-corrected chi connectivity index (χ3v) is 6.11. The maximum atomic E-state index is 12.3. The lowest BCUT2D eigenvalue weighted by molar-refractivity contribution is 0.0687. The van der Waals surface area contributed by atoms with Gasteiger partial charge in [0.1, 0.15) is 0 Å². The van der Waals surface area contributed by atoms with Gasteiger partial charge in [0.2, 0.25) is 0 Å². The average molecular weight is 292 g/mol. The van der Waals surface area contributed by atoms with Crippen molar-refractivity contribution in [2.24, 2.45) is 0 Å². The van der Waals surface area contributed by atoms with E-state index in [4.69, 9.17) is 10.2 Å². The van der Waals surface area contributed by atoms with E-state index in [9.17, 15) is 13.2 Å². The van der Waals surface area contributed by atoms with Crippen molar-refractivity contribution in [1.82, 2.24) is 9.29 Å². The van der Waals surface area contributed by atoms with E-state index in [0.717, 1.165) is 15.6 Å². The minimum atomic E-state index is -3.88. The summed E-state index contributed by atoms with van der Waals surface area (Å²) in [5.74, 6) is -1.37. The number of aliphatic hydroxyl groups excluding tert-OH is 1. The predicted octanol–water partition coefficient (Wildman–Crippen LogP) is -0.0133. The fraction of sp³-hybridized carbons (Fsp3) is 0.556. The van der Waals surface area contributed by atoms with Crippen LogP contribution in [0.1, 0.15) is 23.3 Å². The number of rotatable bonds is 4. The van der Waals surface area contributed by atoms with Gasteiger partial charge in [0.25, 0.3) is 10.0 Å².